The fraction of sp³-hybridized carbons (Fsp3) is 0.533. The molecule has 1 saturated carbocycles. The molecule has 0 atom stereocenters. The maximum atomic E-state index is 12.1. The minimum absolute atomic E-state index is 0.175. The minimum atomic E-state index is -4.73. The maximum absolute atomic E-state index is 12.1. The number of rotatable bonds is 5. The van der Waals surface area contributed by atoms with Gasteiger partial charge in [-0.05, 0) is 24.5 Å². The van der Waals surface area contributed by atoms with Crippen LogP contribution in [0.4, 0.5) is 18.9 Å². The predicted octanol–water partition coefficient (Wildman–Crippen LogP) is 4.49. The van der Waals surface area contributed by atoms with Crippen LogP contribution in [-0.4, -0.2) is 12.3 Å². The molecule has 0 radical (unpaired) electrons. The quantitative estimate of drug-likeness (QED) is 0.870. The number of anilines is 1. The minimum Gasteiger partial charge on any atom is -0.406 e. The van der Waals surface area contributed by atoms with Crippen molar-refractivity contribution < 1.29 is 22.7 Å². The summed E-state index contributed by atoms with van der Waals surface area (Å²) < 4.78 is 40.2. The molecule has 1 N–H and O–H groups in total. The largest absolute Gasteiger partial charge is 0.573 e. The van der Waals surface area contributed by atoms with Crippen LogP contribution < -0.4 is 10.1 Å². The highest BCUT2D eigenvalue weighted by Crippen LogP contribution is 2.29. The van der Waals surface area contributed by atoms with Crippen LogP contribution in [0.1, 0.15) is 38.5 Å². The SMILES string of the molecule is O=C(CCC1CCCC1)Nc1cccc(OC(F)(F)F)c1. The summed E-state index contributed by atoms with van der Waals surface area (Å²) in [6, 6.07) is 5.31. The lowest BCUT2D eigenvalue weighted by Gasteiger charge is -2.11. The zero-order valence-electron chi connectivity index (χ0n) is 11.6. The molecule has 1 aromatic carbocycles. The molecule has 116 valence electrons. The lowest BCUT2D eigenvalue weighted by atomic mass is 10.0. The van der Waals surface area contributed by atoms with E-state index in [1.165, 1.54) is 49.9 Å². The first kappa shape index (κ1) is 15.7. The molecule has 6 heteroatoms. The molecule has 0 saturated heterocycles. The third-order valence-corrected chi connectivity index (χ3v) is 3.61. The topological polar surface area (TPSA) is 38.3 Å². The number of hydrogen-bond donors (Lipinski definition) is 1. The van der Waals surface area contributed by atoms with Crippen LogP contribution in [0.2, 0.25) is 0 Å². The van der Waals surface area contributed by atoms with Gasteiger partial charge < -0.3 is 10.1 Å². The average Bonchev–Trinajstić information content (AvgIpc) is 2.87. The van der Waals surface area contributed by atoms with Crippen LogP contribution in [0, 0.1) is 5.92 Å². The van der Waals surface area contributed by atoms with Crippen LogP contribution >= 0.6 is 0 Å². The first-order valence-electron chi connectivity index (χ1n) is 7.08. The van der Waals surface area contributed by atoms with Crippen molar-refractivity contribution in [1.29, 1.82) is 0 Å². The summed E-state index contributed by atoms with van der Waals surface area (Å²) in [6.07, 6.45) is 1.29. The van der Waals surface area contributed by atoms with E-state index in [4.69, 9.17) is 0 Å². The Morgan fingerprint density at radius 1 is 1.29 bits per heavy atom. The first-order chi connectivity index (χ1) is 9.92. The number of benzene rings is 1. The monoisotopic (exact) mass is 301 g/mol. The first-order valence-corrected chi connectivity index (χ1v) is 7.08. The third kappa shape index (κ3) is 5.65. The second kappa shape index (κ2) is 6.83. The molecule has 0 spiro atoms. The van der Waals surface area contributed by atoms with Crippen LogP contribution in [0.25, 0.3) is 0 Å². The molecule has 21 heavy (non-hydrogen) atoms. The molecule has 1 aliphatic rings. The van der Waals surface area contributed by atoms with E-state index in [9.17, 15) is 18.0 Å². The second-order valence-corrected chi connectivity index (χ2v) is 5.31. The molecule has 0 unspecified atom stereocenters. The normalized spacial score (nSPS) is 16.0. The zero-order chi connectivity index (χ0) is 15.3. The maximum Gasteiger partial charge on any atom is 0.573 e. The Morgan fingerprint density at radius 2 is 2.00 bits per heavy atom. The van der Waals surface area contributed by atoms with Gasteiger partial charge in [0, 0.05) is 18.2 Å². The number of ether oxygens (including phenoxy) is 1. The van der Waals surface area contributed by atoms with E-state index >= 15 is 0 Å². The number of carbonyl (C=O) groups excluding carboxylic acids is 1. The van der Waals surface area contributed by atoms with E-state index in [-0.39, 0.29) is 11.7 Å². The van der Waals surface area contributed by atoms with E-state index in [1.54, 1.807) is 0 Å². The van der Waals surface area contributed by atoms with E-state index in [1.807, 2.05) is 0 Å². The second-order valence-electron chi connectivity index (χ2n) is 5.31. The van der Waals surface area contributed by atoms with Gasteiger partial charge in [0.2, 0.25) is 5.91 Å². The third-order valence-electron chi connectivity index (χ3n) is 3.61. The summed E-state index contributed by atoms with van der Waals surface area (Å²) in [5.41, 5.74) is 0.313. The molecule has 3 nitrogen and oxygen atoms in total. The zero-order valence-corrected chi connectivity index (χ0v) is 11.6. The summed E-state index contributed by atoms with van der Waals surface area (Å²) in [4.78, 5) is 11.8. The molecule has 0 heterocycles. The molecule has 1 aromatic rings. The fourth-order valence-corrected chi connectivity index (χ4v) is 2.63. The average molecular weight is 301 g/mol. The Bertz CT molecular complexity index is 482. The van der Waals surface area contributed by atoms with Crippen molar-refractivity contribution in [2.75, 3.05) is 5.32 Å². The van der Waals surface area contributed by atoms with Crippen molar-refractivity contribution in [3.05, 3.63) is 24.3 Å². The van der Waals surface area contributed by atoms with Crippen molar-refractivity contribution >= 4 is 11.6 Å². The lowest BCUT2D eigenvalue weighted by Crippen LogP contribution is -2.17. The number of carbonyl (C=O) groups is 1. The Kier molecular flexibility index (Phi) is 5.09. The molecule has 1 fully saturated rings. The fourth-order valence-electron chi connectivity index (χ4n) is 2.63. The number of amides is 1. The van der Waals surface area contributed by atoms with Gasteiger partial charge in [0.25, 0.3) is 0 Å². The summed E-state index contributed by atoms with van der Waals surface area (Å²) >= 11 is 0. The molecule has 1 aliphatic carbocycles. The van der Waals surface area contributed by atoms with Gasteiger partial charge in [-0.1, -0.05) is 31.7 Å². The van der Waals surface area contributed by atoms with Crippen molar-refractivity contribution in [2.45, 2.75) is 44.9 Å². The number of hydrogen-bond acceptors (Lipinski definition) is 2. The Balaban J connectivity index is 1.83. The number of nitrogens with one attached hydrogen (secondary N) is 1. The Morgan fingerprint density at radius 3 is 2.67 bits per heavy atom. The van der Waals surface area contributed by atoms with Gasteiger partial charge in [0.15, 0.2) is 0 Å². The van der Waals surface area contributed by atoms with E-state index in [2.05, 4.69) is 10.1 Å². The molecule has 2 rings (SSSR count). The van der Waals surface area contributed by atoms with E-state index in [0.29, 0.717) is 18.0 Å². The number of alkyl halides is 3. The molecular formula is C15H18F3NO2. The van der Waals surface area contributed by atoms with Gasteiger partial charge in [-0.25, -0.2) is 0 Å². The van der Waals surface area contributed by atoms with Crippen LogP contribution in [0.5, 0.6) is 5.75 Å². The molecule has 0 aliphatic heterocycles. The molecule has 0 aromatic heterocycles. The van der Waals surface area contributed by atoms with Crippen molar-refractivity contribution in [3.63, 3.8) is 0 Å². The lowest BCUT2D eigenvalue weighted by molar-refractivity contribution is -0.274. The highest BCUT2D eigenvalue weighted by Gasteiger charge is 2.31. The van der Waals surface area contributed by atoms with Crippen molar-refractivity contribution in [2.24, 2.45) is 5.92 Å². The van der Waals surface area contributed by atoms with Crippen LogP contribution in [0.15, 0.2) is 24.3 Å². The van der Waals surface area contributed by atoms with Crippen molar-refractivity contribution in [1.82, 2.24) is 0 Å². The molecule has 1 amide bonds. The van der Waals surface area contributed by atoms with E-state index in [0.717, 1.165) is 6.42 Å². The molecular weight excluding hydrogens is 283 g/mol. The standard InChI is InChI=1S/C15H18F3NO2/c16-15(17,18)21-13-7-3-6-12(10-13)19-14(20)9-8-11-4-1-2-5-11/h3,6-7,10-11H,1-2,4-5,8-9H2,(H,19,20). The van der Waals surface area contributed by atoms with Gasteiger partial charge in [0.05, 0.1) is 0 Å². The van der Waals surface area contributed by atoms with Gasteiger partial charge >= 0.3 is 6.36 Å². The smallest absolute Gasteiger partial charge is 0.406 e. The van der Waals surface area contributed by atoms with Gasteiger partial charge in [-0.15, -0.1) is 13.2 Å². The highest BCUT2D eigenvalue weighted by molar-refractivity contribution is 5.90. The Labute approximate surface area is 121 Å². The number of halogens is 3. The highest BCUT2D eigenvalue weighted by atomic mass is 19.4. The van der Waals surface area contributed by atoms with Gasteiger partial charge in [0.1, 0.15) is 5.75 Å². The van der Waals surface area contributed by atoms with Crippen LogP contribution in [0.3, 0.4) is 0 Å². The van der Waals surface area contributed by atoms with Gasteiger partial charge in [-0.2, -0.15) is 0 Å². The molecule has 0 bridgehead atoms. The summed E-state index contributed by atoms with van der Waals surface area (Å²) in [7, 11) is 0. The Hall–Kier alpha value is -1.72. The summed E-state index contributed by atoms with van der Waals surface area (Å²) in [5, 5.41) is 2.61. The van der Waals surface area contributed by atoms with E-state index < -0.39 is 6.36 Å². The summed E-state index contributed by atoms with van der Waals surface area (Å²) in [5.74, 6) is 0.0952. The van der Waals surface area contributed by atoms with Crippen molar-refractivity contribution in [3.8, 4) is 5.75 Å². The van der Waals surface area contributed by atoms with Gasteiger partial charge in [-0.3, -0.25) is 4.79 Å². The van der Waals surface area contributed by atoms with Crippen LogP contribution in [-0.2, 0) is 4.79 Å². The summed E-state index contributed by atoms with van der Waals surface area (Å²) in [6.45, 7) is 0. The predicted molar refractivity (Wildman–Crippen MR) is 72.9 cm³/mol.